The van der Waals surface area contributed by atoms with Crippen LogP contribution in [0.1, 0.15) is 33.1 Å². The molecule has 0 aromatic carbocycles. The molecule has 1 heterocycles. The van der Waals surface area contributed by atoms with Gasteiger partial charge in [-0.1, -0.05) is 6.92 Å². The average Bonchev–Trinajstić information content (AvgIpc) is 2.48. The number of carboxylic acids is 1. The summed E-state index contributed by atoms with van der Waals surface area (Å²) in [6.07, 6.45) is -0.494. The Balaban J connectivity index is 2.01. The molecule has 1 rings (SSSR count). The largest absolute Gasteiger partial charge is 0.481 e. The van der Waals surface area contributed by atoms with Crippen LogP contribution in [0.3, 0.4) is 0 Å². The lowest BCUT2D eigenvalue weighted by Gasteiger charge is -2.36. The lowest BCUT2D eigenvalue weighted by Crippen LogP contribution is -2.43. The third-order valence-electron chi connectivity index (χ3n) is 3.62. The number of rotatable bonds is 10. The zero-order valence-electron chi connectivity index (χ0n) is 13.7. The molecule has 1 amide bonds. The second-order valence-electron chi connectivity index (χ2n) is 5.70. The van der Waals surface area contributed by atoms with Crippen molar-refractivity contribution in [3.05, 3.63) is 0 Å². The van der Waals surface area contributed by atoms with Crippen LogP contribution in [-0.2, 0) is 23.8 Å². The molecular weight excluding hydrogens is 306 g/mol. The molecule has 0 bridgehead atoms. The van der Waals surface area contributed by atoms with E-state index >= 15 is 0 Å². The molecule has 134 valence electrons. The van der Waals surface area contributed by atoms with Crippen molar-refractivity contribution in [2.75, 3.05) is 26.4 Å². The Labute approximate surface area is 136 Å². The van der Waals surface area contributed by atoms with Gasteiger partial charge in [0.1, 0.15) is 0 Å². The maximum absolute atomic E-state index is 11.2. The van der Waals surface area contributed by atoms with E-state index < -0.39 is 18.4 Å². The Bertz CT molecular complexity index is 377. The van der Waals surface area contributed by atoms with Crippen molar-refractivity contribution in [3.8, 4) is 0 Å². The van der Waals surface area contributed by atoms with E-state index in [9.17, 15) is 14.7 Å². The van der Waals surface area contributed by atoms with E-state index in [1.807, 2.05) is 13.8 Å². The van der Waals surface area contributed by atoms with E-state index in [0.29, 0.717) is 32.8 Å². The Morgan fingerprint density at radius 2 is 1.96 bits per heavy atom. The first-order valence-electron chi connectivity index (χ1n) is 7.91. The first-order valence-corrected chi connectivity index (χ1v) is 7.91. The highest BCUT2D eigenvalue weighted by atomic mass is 16.7. The van der Waals surface area contributed by atoms with E-state index in [1.54, 1.807) is 0 Å². The quantitative estimate of drug-likeness (QED) is 0.487. The molecule has 8 nitrogen and oxygen atoms in total. The van der Waals surface area contributed by atoms with Crippen LogP contribution in [0.5, 0.6) is 0 Å². The number of hydrogen-bond acceptors (Lipinski definition) is 6. The summed E-state index contributed by atoms with van der Waals surface area (Å²) in [5.74, 6) is -1.38. The van der Waals surface area contributed by atoms with Crippen LogP contribution in [0, 0.1) is 5.92 Å². The summed E-state index contributed by atoms with van der Waals surface area (Å²) in [6, 6.07) is 0. The molecule has 8 heteroatoms. The zero-order chi connectivity index (χ0) is 17.2. The Kier molecular flexibility index (Phi) is 9.08. The Morgan fingerprint density at radius 3 is 2.65 bits per heavy atom. The summed E-state index contributed by atoms with van der Waals surface area (Å²) in [7, 11) is 0. The van der Waals surface area contributed by atoms with Crippen molar-refractivity contribution >= 4 is 11.9 Å². The standard InChI is InChI=1S/C15H27NO7/c1-10-9-12(17)11(2)15(23-10)22-8-7-21-6-5-16-13(18)3-4-14(19)20/h10-12,15,17H,3-9H2,1-2H3,(H,16,18)(H,19,20)/t10-,11+,12+,15?/m0/s1. The van der Waals surface area contributed by atoms with E-state index in [-0.39, 0.29) is 30.8 Å². The van der Waals surface area contributed by atoms with Gasteiger partial charge in [-0.05, 0) is 13.3 Å². The molecule has 1 fully saturated rings. The minimum Gasteiger partial charge on any atom is -0.481 e. The molecule has 0 aliphatic carbocycles. The number of aliphatic hydroxyl groups excluding tert-OH is 1. The third kappa shape index (κ3) is 8.26. The van der Waals surface area contributed by atoms with Crippen molar-refractivity contribution in [2.24, 2.45) is 5.92 Å². The molecule has 0 aromatic heterocycles. The first kappa shape index (κ1) is 19.8. The highest BCUT2D eigenvalue weighted by Gasteiger charge is 2.33. The number of ether oxygens (including phenoxy) is 3. The van der Waals surface area contributed by atoms with Gasteiger partial charge in [0.25, 0.3) is 0 Å². The SMILES string of the molecule is C[C@H]1C[C@@H](O)[C@@H](C)C(OCCOCCNC(=O)CCC(=O)O)O1. The minimum absolute atomic E-state index is 0.0319. The van der Waals surface area contributed by atoms with E-state index in [0.717, 1.165) is 0 Å². The van der Waals surface area contributed by atoms with Crippen LogP contribution >= 0.6 is 0 Å². The van der Waals surface area contributed by atoms with Gasteiger partial charge in [-0.3, -0.25) is 9.59 Å². The Morgan fingerprint density at radius 1 is 1.22 bits per heavy atom. The predicted molar refractivity (Wildman–Crippen MR) is 80.8 cm³/mol. The third-order valence-corrected chi connectivity index (χ3v) is 3.62. The highest BCUT2D eigenvalue weighted by molar-refractivity contribution is 5.80. The average molecular weight is 333 g/mol. The van der Waals surface area contributed by atoms with E-state index in [1.165, 1.54) is 0 Å². The molecule has 1 unspecified atom stereocenters. The molecule has 0 spiro atoms. The topological polar surface area (TPSA) is 114 Å². The van der Waals surface area contributed by atoms with Crippen molar-refractivity contribution in [2.45, 2.75) is 51.6 Å². The molecule has 4 atom stereocenters. The van der Waals surface area contributed by atoms with Crippen molar-refractivity contribution in [1.82, 2.24) is 5.32 Å². The fraction of sp³-hybridized carbons (Fsp3) is 0.867. The molecule has 1 aliphatic rings. The van der Waals surface area contributed by atoms with Gasteiger partial charge < -0.3 is 29.7 Å². The lowest BCUT2D eigenvalue weighted by molar-refractivity contribution is -0.242. The number of carbonyl (C=O) groups excluding carboxylic acids is 1. The molecular formula is C15H27NO7. The van der Waals surface area contributed by atoms with Crippen LogP contribution in [0.2, 0.25) is 0 Å². The van der Waals surface area contributed by atoms with Crippen LogP contribution in [0.4, 0.5) is 0 Å². The van der Waals surface area contributed by atoms with Gasteiger partial charge in [-0.2, -0.15) is 0 Å². The number of hydrogen-bond donors (Lipinski definition) is 3. The number of carbonyl (C=O) groups is 2. The molecule has 1 saturated heterocycles. The number of carboxylic acid groups (broad SMARTS) is 1. The highest BCUT2D eigenvalue weighted by Crippen LogP contribution is 2.25. The number of aliphatic carboxylic acids is 1. The van der Waals surface area contributed by atoms with E-state index in [2.05, 4.69) is 5.32 Å². The van der Waals surface area contributed by atoms with Crippen molar-refractivity contribution < 1.29 is 34.0 Å². The number of amides is 1. The smallest absolute Gasteiger partial charge is 0.303 e. The molecule has 0 aromatic rings. The second kappa shape index (κ2) is 10.5. The summed E-state index contributed by atoms with van der Waals surface area (Å²) < 4.78 is 16.5. The predicted octanol–water partition coefficient (Wildman–Crippen LogP) is 0.133. The first-order chi connectivity index (χ1) is 10.9. The van der Waals surface area contributed by atoms with Crippen LogP contribution in [0.25, 0.3) is 0 Å². The van der Waals surface area contributed by atoms with Gasteiger partial charge in [0.15, 0.2) is 6.29 Å². The summed E-state index contributed by atoms with van der Waals surface area (Å²) in [4.78, 5) is 21.5. The van der Waals surface area contributed by atoms with Gasteiger partial charge >= 0.3 is 5.97 Å². The minimum atomic E-state index is -0.993. The number of aliphatic hydroxyl groups is 1. The normalized spacial score (nSPS) is 27.6. The molecule has 3 N–H and O–H groups in total. The molecule has 23 heavy (non-hydrogen) atoms. The summed E-state index contributed by atoms with van der Waals surface area (Å²) >= 11 is 0. The molecule has 1 aliphatic heterocycles. The van der Waals surface area contributed by atoms with Gasteiger partial charge in [0.2, 0.25) is 5.91 Å². The van der Waals surface area contributed by atoms with E-state index in [4.69, 9.17) is 19.3 Å². The summed E-state index contributed by atoms with van der Waals surface area (Å²) in [6.45, 7) is 5.11. The van der Waals surface area contributed by atoms with Crippen LogP contribution < -0.4 is 5.32 Å². The number of nitrogens with one attached hydrogen (secondary N) is 1. The fourth-order valence-electron chi connectivity index (χ4n) is 2.23. The lowest BCUT2D eigenvalue weighted by atomic mass is 9.96. The fourth-order valence-corrected chi connectivity index (χ4v) is 2.23. The van der Waals surface area contributed by atoms with Gasteiger partial charge in [0, 0.05) is 18.9 Å². The van der Waals surface area contributed by atoms with Crippen LogP contribution in [0.15, 0.2) is 0 Å². The molecule has 0 saturated carbocycles. The van der Waals surface area contributed by atoms with Gasteiger partial charge in [-0.25, -0.2) is 0 Å². The Hall–Kier alpha value is -1.22. The summed E-state index contributed by atoms with van der Waals surface area (Å²) in [5.41, 5.74) is 0. The summed E-state index contributed by atoms with van der Waals surface area (Å²) in [5, 5.41) is 20.9. The zero-order valence-corrected chi connectivity index (χ0v) is 13.7. The van der Waals surface area contributed by atoms with Gasteiger partial charge in [0.05, 0.1) is 38.4 Å². The van der Waals surface area contributed by atoms with Crippen molar-refractivity contribution in [3.63, 3.8) is 0 Å². The van der Waals surface area contributed by atoms with Crippen molar-refractivity contribution in [1.29, 1.82) is 0 Å². The monoisotopic (exact) mass is 333 g/mol. The maximum atomic E-state index is 11.2. The van der Waals surface area contributed by atoms with Crippen LogP contribution in [-0.4, -0.2) is 67.0 Å². The molecule has 0 radical (unpaired) electrons. The maximum Gasteiger partial charge on any atom is 0.303 e. The van der Waals surface area contributed by atoms with Gasteiger partial charge in [-0.15, -0.1) is 0 Å². The second-order valence-corrected chi connectivity index (χ2v) is 5.70.